The largest absolute Gasteiger partial charge is 0.437 e. The van der Waals surface area contributed by atoms with Crippen LogP contribution in [0.15, 0.2) is 24.3 Å². The highest BCUT2D eigenvalue weighted by Crippen LogP contribution is 2.40. The molecule has 204 valence electrons. The lowest BCUT2D eigenvalue weighted by Gasteiger charge is -2.44. The summed E-state index contributed by atoms with van der Waals surface area (Å²) in [5, 5.41) is 36.5. The molecule has 11 atom stereocenters. The molecule has 3 heterocycles. The second kappa shape index (κ2) is 11.7. The molecule has 0 saturated carbocycles. The number of ether oxygens (including phenoxy) is 2. The Hall–Kier alpha value is -1.49. The Labute approximate surface area is 224 Å². The normalized spacial score (nSPS) is 39.6. The maximum atomic E-state index is 13.7. The van der Waals surface area contributed by atoms with E-state index < -0.39 is 58.9 Å². The predicted molar refractivity (Wildman–Crippen MR) is 138 cm³/mol. The van der Waals surface area contributed by atoms with Crippen LogP contribution in [0.2, 0.25) is 0 Å². The third-order valence-corrected chi connectivity index (χ3v) is 8.83. The van der Waals surface area contributed by atoms with Crippen LogP contribution in [0, 0.1) is 18.3 Å². The summed E-state index contributed by atoms with van der Waals surface area (Å²) in [6, 6.07) is 5.46. The molecule has 1 aromatic rings. The first-order valence-corrected chi connectivity index (χ1v) is 14.1. The number of halogens is 2. The summed E-state index contributed by atoms with van der Waals surface area (Å²) in [6.45, 7) is 8.22. The van der Waals surface area contributed by atoms with Crippen molar-refractivity contribution < 1.29 is 34.0 Å². The number of nitrogens with one attached hydrogen (secondary N) is 2. The summed E-state index contributed by atoms with van der Waals surface area (Å²) in [7, 11) is 0. The Morgan fingerprint density at radius 1 is 1.30 bits per heavy atom. The summed E-state index contributed by atoms with van der Waals surface area (Å²) in [6.07, 6.45) is -2.98. The predicted octanol–water partition coefficient (Wildman–Crippen LogP) is 1.25. The Morgan fingerprint density at radius 3 is 2.62 bits per heavy atom. The number of hydrogen-bond acceptors (Lipinski definition) is 8. The first-order valence-electron chi connectivity index (χ1n) is 12.3. The average molecular weight is 559 g/mol. The number of amides is 1. The minimum Gasteiger partial charge on any atom is -0.388 e. The molecule has 3 aliphatic rings. The summed E-state index contributed by atoms with van der Waals surface area (Å²) < 4.78 is 25.4. The number of aliphatic hydroxyl groups is 3. The van der Waals surface area contributed by atoms with Crippen molar-refractivity contribution in [3.05, 3.63) is 40.5 Å². The van der Waals surface area contributed by atoms with E-state index in [-0.39, 0.29) is 17.7 Å². The van der Waals surface area contributed by atoms with Gasteiger partial charge in [0.05, 0.1) is 11.4 Å². The fourth-order valence-electron chi connectivity index (χ4n) is 5.63. The van der Waals surface area contributed by atoms with Crippen molar-refractivity contribution in [3.8, 4) is 6.57 Å². The van der Waals surface area contributed by atoms with E-state index in [1.165, 1.54) is 23.9 Å². The molecule has 4 rings (SSSR count). The van der Waals surface area contributed by atoms with Crippen molar-refractivity contribution in [2.24, 2.45) is 5.92 Å². The first kappa shape index (κ1) is 28.5. The van der Waals surface area contributed by atoms with Crippen LogP contribution in [-0.4, -0.2) is 93.7 Å². The number of hydrogen-bond donors (Lipinski definition) is 5. The maximum Gasteiger partial charge on any atom is 0.437 e. The van der Waals surface area contributed by atoms with E-state index in [0.717, 1.165) is 5.56 Å². The maximum absolute atomic E-state index is 13.7. The van der Waals surface area contributed by atoms with Crippen molar-refractivity contribution >= 4 is 29.3 Å². The van der Waals surface area contributed by atoms with Gasteiger partial charge in [-0.05, 0) is 54.5 Å². The highest BCUT2D eigenvalue weighted by atomic mass is 35.5. The van der Waals surface area contributed by atoms with Crippen molar-refractivity contribution in [3.63, 3.8) is 0 Å². The van der Waals surface area contributed by atoms with Crippen molar-refractivity contribution in [1.29, 1.82) is 0 Å². The topological polar surface area (TPSA) is 125 Å². The van der Waals surface area contributed by atoms with Gasteiger partial charge in [-0.2, -0.15) is 0 Å². The van der Waals surface area contributed by atoms with Crippen molar-refractivity contribution in [2.75, 3.05) is 19.4 Å². The van der Waals surface area contributed by atoms with Crippen LogP contribution in [0.5, 0.6) is 0 Å². The lowest BCUT2D eigenvalue weighted by atomic mass is 9.84. The van der Waals surface area contributed by atoms with Crippen LogP contribution in [0.3, 0.4) is 0 Å². The number of thioether (sulfide) groups is 1. The fraction of sp³-hybridized carbons (Fsp3) is 0.680. The zero-order valence-corrected chi connectivity index (χ0v) is 22.2. The standard InChI is InChI=1S/C25H33ClFN3O6S/c1-12(26)17(21-19(32)18(31)20(33)23(36-21)37-3)30-24(34)25(28-2)22-15(11-29-25)10-14(8-9-35-22)13-4-6-16(27)7-5-13/h2,4-7,12,14-15,17-23,29,31-33H,8-11H2,1,3H3/p+1/t12-,14-,15-,17+,18?,19?,20+,21+,22+,23?,25-/m0/s1. The first-order chi connectivity index (χ1) is 17.6. The van der Waals surface area contributed by atoms with E-state index >= 15 is 0 Å². The van der Waals surface area contributed by atoms with Gasteiger partial charge >= 0.3 is 11.6 Å². The summed E-state index contributed by atoms with van der Waals surface area (Å²) in [5.41, 5.74) is -1.43. The van der Waals surface area contributed by atoms with Gasteiger partial charge in [-0.1, -0.05) is 12.1 Å². The van der Waals surface area contributed by atoms with Crippen LogP contribution in [0.1, 0.15) is 31.2 Å². The fourth-order valence-corrected chi connectivity index (χ4v) is 6.52. The lowest BCUT2D eigenvalue weighted by molar-refractivity contribution is -0.205. The third-order valence-electron chi connectivity index (χ3n) is 7.70. The highest BCUT2D eigenvalue weighted by Gasteiger charge is 2.65. The Kier molecular flexibility index (Phi) is 9.03. The van der Waals surface area contributed by atoms with E-state index in [9.17, 15) is 24.5 Å². The molecule has 0 aliphatic carbocycles. The molecule has 3 fully saturated rings. The number of carbonyl (C=O) groups excluding carboxylic acids is 1. The van der Waals surface area contributed by atoms with Gasteiger partial charge in [0.25, 0.3) is 6.57 Å². The SMILES string of the molecule is C#[N+][C@]1(C(=O)N[C@H]([C@H](C)Cl)[C@H]2OC(SC)[C@H](O)C(O)C2O)NC[C@@H]2C[C@@H](c3ccc(F)cc3)CCO[C@H]21. The number of rotatable bonds is 6. The van der Waals surface area contributed by atoms with Gasteiger partial charge in [0.1, 0.15) is 35.7 Å². The van der Waals surface area contributed by atoms with Gasteiger partial charge in [-0.3, -0.25) is 4.79 Å². The van der Waals surface area contributed by atoms with Gasteiger partial charge in [-0.15, -0.1) is 23.4 Å². The quantitative estimate of drug-likeness (QED) is 0.331. The molecule has 5 N–H and O–H groups in total. The molecule has 0 spiro atoms. The molecule has 3 saturated heterocycles. The minimum absolute atomic E-state index is 0.100. The third kappa shape index (κ3) is 5.49. The van der Waals surface area contributed by atoms with Crippen LogP contribution >= 0.6 is 23.4 Å². The molecule has 12 heteroatoms. The van der Waals surface area contributed by atoms with Crippen LogP contribution in [0.4, 0.5) is 4.39 Å². The molecule has 37 heavy (non-hydrogen) atoms. The smallest absolute Gasteiger partial charge is 0.388 e. The molecule has 1 amide bonds. The Balaban J connectivity index is 1.53. The molecule has 0 bridgehead atoms. The van der Waals surface area contributed by atoms with Gasteiger partial charge < -0.3 is 30.1 Å². The van der Waals surface area contributed by atoms with Crippen LogP contribution < -0.4 is 10.6 Å². The number of aliphatic hydroxyl groups excluding tert-OH is 3. The molecular weight excluding hydrogens is 525 g/mol. The average Bonchev–Trinajstić information content (AvgIpc) is 3.09. The molecule has 9 nitrogen and oxygen atoms in total. The zero-order chi connectivity index (χ0) is 26.9. The molecule has 0 radical (unpaired) electrons. The van der Waals surface area contributed by atoms with Gasteiger partial charge in [0.15, 0.2) is 6.10 Å². The van der Waals surface area contributed by atoms with Crippen molar-refractivity contribution in [1.82, 2.24) is 10.6 Å². The highest BCUT2D eigenvalue weighted by molar-refractivity contribution is 7.99. The van der Waals surface area contributed by atoms with E-state index in [4.69, 9.17) is 27.6 Å². The Morgan fingerprint density at radius 2 is 2.00 bits per heavy atom. The second-order valence-electron chi connectivity index (χ2n) is 9.95. The number of benzene rings is 1. The molecule has 1 aromatic carbocycles. The van der Waals surface area contributed by atoms with E-state index in [1.54, 1.807) is 25.3 Å². The monoisotopic (exact) mass is 558 g/mol. The van der Waals surface area contributed by atoms with E-state index in [1.807, 2.05) is 0 Å². The summed E-state index contributed by atoms with van der Waals surface area (Å²) in [5.74, 6) is -0.881. The summed E-state index contributed by atoms with van der Waals surface area (Å²) in [4.78, 5) is 17.7. The van der Waals surface area contributed by atoms with Crippen molar-refractivity contribution in [2.45, 2.75) is 78.7 Å². The van der Waals surface area contributed by atoms with Crippen LogP contribution in [-0.2, 0) is 14.3 Å². The van der Waals surface area contributed by atoms with Gasteiger partial charge in [0.2, 0.25) is 0 Å². The molecule has 0 aromatic heterocycles. The van der Waals surface area contributed by atoms with Gasteiger partial charge in [-0.25, -0.2) is 9.71 Å². The van der Waals surface area contributed by atoms with E-state index in [0.29, 0.717) is 26.0 Å². The molecule has 3 unspecified atom stereocenters. The zero-order valence-electron chi connectivity index (χ0n) is 20.7. The Bertz CT molecular complexity index is 998. The number of carbonyl (C=O) groups is 1. The number of nitrogens with zero attached hydrogens (tertiary/aromatic N) is 1. The van der Waals surface area contributed by atoms with Gasteiger partial charge in [0, 0.05) is 19.1 Å². The second-order valence-corrected chi connectivity index (χ2v) is 11.6. The number of alkyl halides is 1. The van der Waals surface area contributed by atoms with E-state index in [2.05, 4.69) is 15.5 Å². The summed E-state index contributed by atoms with van der Waals surface area (Å²) >= 11 is 7.59. The molecule has 3 aliphatic heterocycles. The lowest BCUT2D eigenvalue weighted by Crippen LogP contribution is -2.67. The molecular formula is C25H34ClFN3O6S+. The van der Waals surface area contributed by atoms with Crippen LogP contribution in [0.25, 0.3) is 4.85 Å². The number of fused-ring (bicyclic) bond motifs is 1. The minimum atomic E-state index is -1.61.